The number of nitrogens with zero attached hydrogens (tertiary/aromatic N) is 5. The van der Waals surface area contributed by atoms with Gasteiger partial charge in [0.1, 0.15) is 17.0 Å². The fraction of sp³-hybridized carbons (Fsp3) is 0.357. The maximum Gasteiger partial charge on any atom is 0.140 e. The lowest BCUT2D eigenvalue weighted by Crippen LogP contribution is -2.35. The van der Waals surface area contributed by atoms with Crippen LogP contribution in [-0.4, -0.2) is 32.6 Å². The predicted octanol–water partition coefficient (Wildman–Crippen LogP) is 2.73. The topological polar surface area (TPSA) is 46.8 Å². The van der Waals surface area contributed by atoms with Crippen molar-refractivity contribution in [1.29, 1.82) is 0 Å². The number of anilines is 1. The fourth-order valence-corrected chi connectivity index (χ4v) is 3.62. The van der Waals surface area contributed by atoms with Crippen LogP contribution in [0.4, 0.5) is 5.82 Å². The lowest BCUT2D eigenvalue weighted by molar-refractivity contribution is 0.395. The molecule has 0 spiro atoms. The minimum atomic E-state index is 0.563. The van der Waals surface area contributed by atoms with E-state index in [0.29, 0.717) is 6.04 Å². The van der Waals surface area contributed by atoms with Crippen LogP contribution in [0.25, 0.3) is 10.2 Å². The number of imidazole rings is 1. The van der Waals surface area contributed by atoms with E-state index in [4.69, 9.17) is 0 Å². The van der Waals surface area contributed by atoms with E-state index in [1.807, 2.05) is 12.5 Å². The van der Waals surface area contributed by atoms with Crippen LogP contribution in [0.2, 0.25) is 0 Å². The zero-order valence-corrected chi connectivity index (χ0v) is 11.8. The first-order chi connectivity index (χ1) is 9.92. The van der Waals surface area contributed by atoms with Crippen molar-refractivity contribution in [2.45, 2.75) is 18.9 Å². The van der Waals surface area contributed by atoms with Crippen LogP contribution < -0.4 is 4.90 Å². The van der Waals surface area contributed by atoms with Crippen molar-refractivity contribution in [3.05, 3.63) is 36.5 Å². The average Bonchev–Trinajstić information content (AvgIpc) is 3.18. The largest absolute Gasteiger partial charge is 0.356 e. The Morgan fingerprint density at radius 3 is 2.90 bits per heavy atom. The fourth-order valence-electron chi connectivity index (χ4n) is 2.89. The third kappa shape index (κ3) is 1.96. The monoisotopic (exact) mass is 285 g/mol. The summed E-state index contributed by atoms with van der Waals surface area (Å²) in [4.78, 5) is 16.4. The van der Waals surface area contributed by atoms with Crippen molar-refractivity contribution >= 4 is 27.4 Å². The van der Waals surface area contributed by atoms with Crippen molar-refractivity contribution in [3.8, 4) is 0 Å². The molecule has 3 aromatic rings. The molecule has 4 rings (SSSR count). The molecule has 4 heterocycles. The molecule has 0 aliphatic carbocycles. The van der Waals surface area contributed by atoms with Gasteiger partial charge in [0.2, 0.25) is 0 Å². The van der Waals surface area contributed by atoms with Gasteiger partial charge in [-0.25, -0.2) is 15.0 Å². The number of rotatable bonds is 2. The van der Waals surface area contributed by atoms with Crippen LogP contribution in [0.5, 0.6) is 0 Å². The van der Waals surface area contributed by atoms with E-state index < -0.39 is 0 Å². The van der Waals surface area contributed by atoms with E-state index >= 15 is 0 Å². The molecule has 0 saturated carbocycles. The first kappa shape index (κ1) is 11.8. The predicted molar refractivity (Wildman–Crippen MR) is 80.1 cm³/mol. The molecule has 6 heteroatoms. The Morgan fingerprint density at radius 2 is 2.10 bits per heavy atom. The Morgan fingerprint density at radius 1 is 1.20 bits per heavy atom. The van der Waals surface area contributed by atoms with Crippen LogP contribution in [-0.2, 0) is 0 Å². The summed E-state index contributed by atoms with van der Waals surface area (Å²) in [7, 11) is 0. The highest BCUT2D eigenvalue weighted by molar-refractivity contribution is 7.16. The first-order valence-electron chi connectivity index (χ1n) is 6.82. The molecular weight excluding hydrogens is 270 g/mol. The summed E-state index contributed by atoms with van der Waals surface area (Å²) in [6, 6.07) is 2.69. The standard InChI is InChI=1S/C14H15N5S/c1-5-18(6-2-11(1)19-7-4-15-10-19)13-12-3-8-20-14(12)17-9-16-13/h3-4,7-11H,1-2,5-6H2. The Balaban J connectivity index is 1.56. The van der Waals surface area contributed by atoms with E-state index in [2.05, 4.69) is 42.1 Å². The van der Waals surface area contributed by atoms with Gasteiger partial charge in [-0.1, -0.05) is 0 Å². The number of aromatic nitrogens is 4. The molecule has 0 amide bonds. The van der Waals surface area contributed by atoms with E-state index in [1.54, 1.807) is 17.7 Å². The van der Waals surface area contributed by atoms with Crippen LogP contribution in [0.15, 0.2) is 36.5 Å². The smallest absolute Gasteiger partial charge is 0.140 e. The molecule has 5 nitrogen and oxygen atoms in total. The van der Waals surface area contributed by atoms with Gasteiger partial charge in [0.15, 0.2) is 0 Å². The Labute approximate surface area is 120 Å². The SMILES string of the molecule is c1cn(C2CCN(c3ncnc4sccc34)CC2)cn1. The van der Waals surface area contributed by atoms with E-state index in [1.165, 1.54) is 5.39 Å². The van der Waals surface area contributed by atoms with E-state index in [-0.39, 0.29) is 0 Å². The van der Waals surface area contributed by atoms with Crippen LogP contribution in [0.1, 0.15) is 18.9 Å². The van der Waals surface area contributed by atoms with Gasteiger partial charge in [-0.05, 0) is 24.3 Å². The zero-order chi connectivity index (χ0) is 13.4. The Bertz CT molecular complexity index is 697. The number of hydrogen-bond acceptors (Lipinski definition) is 5. The molecule has 0 bridgehead atoms. The molecule has 1 aliphatic rings. The first-order valence-corrected chi connectivity index (χ1v) is 7.70. The lowest BCUT2D eigenvalue weighted by Gasteiger charge is -2.33. The minimum Gasteiger partial charge on any atom is -0.356 e. The summed E-state index contributed by atoms with van der Waals surface area (Å²) in [5.41, 5.74) is 0. The molecule has 0 unspecified atom stereocenters. The van der Waals surface area contributed by atoms with Gasteiger partial charge < -0.3 is 9.47 Å². The molecule has 0 atom stereocenters. The van der Waals surface area contributed by atoms with Gasteiger partial charge in [-0.15, -0.1) is 11.3 Å². The summed E-state index contributed by atoms with van der Waals surface area (Å²) in [5.74, 6) is 1.08. The van der Waals surface area contributed by atoms with E-state index in [0.717, 1.165) is 36.6 Å². The highest BCUT2D eigenvalue weighted by atomic mass is 32.1. The van der Waals surface area contributed by atoms with Gasteiger partial charge >= 0.3 is 0 Å². The van der Waals surface area contributed by atoms with Gasteiger partial charge in [-0.2, -0.15) is 0 Å². The summed E-state index contributed by atoms with van der Waals surface area (Å²) in [6.07, 6.45) is 9.77. The van der Waals surface area contributed by atoms with Gasteiger partial charge in [-0.3, -0.25) is 0 Å². The molecule has 1 aliphatic heterocycles. The van der Waals surface area contributed by atoms with Crippen molar-refractivity contribution in [2.75, 3.05) is 18.0 Å². The molecule has 0 radical (unpaired) electrons. The summed E-state index contributed by atoms with van der Waals surface area (Å²) < 4.78 is 2.22. The molecule has 0 N–H and O–H groups in total. The second kappa shape index (κ2) is 4.86. The number of thiophene rings is 1. The van der Waals surface area contributed by atoms with Crippen LogP contribution in [0, 0.1) is 0 Å². The summed E-state index contributed by atoms with van der Waals surface area (Å²) in [5, 5.41) is 3.26. The number of piperidine rings is 1. The zero-order valence-electron chi connectivity index (χ0n) is 11.0. The Hall–Kier alpha value is -1.95. The minimum absolute atomic E-state index is 0.563. The molecule has 20 heavy (non-hydrogen) atoms. The molecule has 0 aromatic carbocycles. The second-order valence-electron chi connectivity index (χ2n) is 5.06. The third-order valence-corrected chi connectivity index (χ3v) is 4.77. The third-order valence-electron chi connectivity index (χ3n) is 3.95. The van der Waals surface area contributed by atoms with Crippen molar-refractivity contribution < 1.29 is 0 Å². The molecule has 102 valence electrons. The van der Waals surface area contributed by atoms with E-state index in [9.17, 15) is 0 Å². The molecule has 1 fully saturated rings. The van der Waals surface area contributed by atoms with Gasteiger partial charge in [0.05, 0.1) is 11.7 Å². The average molecular weight is 285 g/mol. The highest BCUT2D eigenvalue weighted by Crippen LogP contribution is 2.30. The molecule has 1 saturated heterocycles. The lowest BCUT2D eigenvalue weighted by atomic mass is 10.0. The normalized spacial score (nSPS) is 16.9. The Kier molecular flexibility index (Phi) is 2.88. The summed E-state index contributed by atoms with van der Waals surface area (Å²) >= 11 is 1.67. The summed E-state index contributed by atoms with van der Waals surface area (Å²) in [6.45, 7) is 2.07. The van der Waals surface area contributed by atoms with Crippen molar-refractivity contribution in [3.63, 3.8) is 0 Å². The molecular formula is C14H15N5S. The highest BCUT2D eigenvalue weighted by Gasteiger charge is 2.22. The maximum absolute atomic E-state index is 4.49. The van der Waals surface area contributed by atoms with Crippen LogP contribution >= 0.6 is 11.3 Å². The maximum atomic E-state index is 4.49. The second-order valence-corrected chi connectivity index (χ2v) is 5.96. The quantitative estimate of drug-likeness (QED) is 0.726. The number of fused-ring (bicyclic) bond motifs is 1. The van der Waals surface area contributed by atoms with Gasteiger partial charge in [0, 0.05) is 31.5 Å². The number of hydrogen-bond donors (Lipinski definition) is 0. The van der Waals surface area contributed by atoms with Gasteiger partial charge in [0.25, 0.3) is 0 Å². The molecule has 3 aromatic heterocycles. The van der Waals surface area contributed by atoms with Crippen LogP contribution in [0.3, 0.4) is 0 Å². The van der Waals surface area contributed by atoms with Crippen molar-refractivity contribution in [2.24, 2.45) is 0 Å². The van der Waals surface area contributed by atoms with Crippen molar-refractivity contribution in [1.82, 2.24) is 19.5 Å².